The third-order valence-electron chi connectivity index (χ3n) is 6.58. The molecule has 3 aromatic heterocycles. The van der Waals surface area contributed by atoms with Crippen LogP contribution in [0, 0.1) is 0 Å². The molecule has 0 unspecified atom stereocenters. The summed E-state index contributed by atoms with van der Waals surface area (Å²) >= 11 is 0. The smallest absolute Gasteiger partial charge is 0.278 e. The van der Waals surface area contributed by atoms with Crippen LogP contribution in [0.4, 0.5) is 11.6 Å². The predicted octanol–water partition coefficient (Wildman–Crippen LogP) is 3.01. The van der Waals surface area contributed by atoms with E-state index in [2.05, 4.69) is 58.5 Å². The van der Waals surface area contributed by atoms with E-state index < -0.39 is 0 Å². The fourth-order valence-electron chi connectivity index (χ4n) is 4.35. The monoisotopic (exact) mass is 470 g/mol. The Morgan fingerprint density at radius 3 is 2.86 bits per heavy atom. The molecule has 0 aliphatic carbocycles. The summed E-state index contributed by atoms with van der Waals surface area (Å²) in [5.74, 6) is 0.426. The average Bonchev–Trinajstić information content (AvgIpc) is 3.15. The molecule has 180 valence electrons. The van der Waals surface area contributed by atoms with Crippen LogP contribution in [0.5, 0.6) is 0 Å². The molecule has 4 heterocycles. The van der Waals surface area contributed by atoms with Crippen LogP contribution >= 0.6 is 0 Å². The molecule has 0 amide bonds. The topological polar surface area (TPSA) is 102 Å². The maximum Gasteiger partial charge on any atom is 0.278 e. The molecular weight excluding hydrogens is 440 g/mol. The molecule has 1 aliphatic heterocycles. The highest BCUT2D eigenvalue weighted by atomic mass is 16.1. The predicted molar refractivity (Wildman–Crippen MR) is 138 cm³/mol. The largest absolute Gasteiger partial charge is 0.324 e. The van der Waals surface area contributed by atoms with E-state index in [0.717, 1.165) is 36.6 Å². The Morgan fingerprint density at radius 1 is 1.20 bits per heavy atom. The van der Waals surface area contributed by atoms with Gasteiger partial charge in [0.15, 0.2) is 5.65 Å². The van der Waals surface area contributed by atoms with Gasteiger partial charge in [0.25, 0.3) is 5.56 Å². The van der Waals surface area contributed by atoms with Gasteiger partial charge in [-0.25, -0.2) is 14.3 Å². The molecule has 0 spiro atoms. The Morgan fingerprint density at radius 2 is 2.06 bits per heavy atom. The van der Waals surface area contributed by atoms with Gasteiger partial charge in [-0.05, 0) is 69.3 Å². The molecule has 35 heavy (non-hydrogen) atoms. The minimum absolute atomic E-state index is 0.169. The van der Waals surface area contributed by atoms with Gasteiger partial charge >= 0.3 is 0 Å². The van der Waals surface area contributed by atoms with Crippen LogP contribution in [0.2, 0.25) is 0 Å². The van der Waals surface area contributed by atoms with Gasteiger partial charge in [-0.1, -0.05) is 12.1 Å². The lowest BCUT2D eigenvalue weighted by molar-refractivity contribution is 0.431. The molecule has 9 nitrogen and oxygen atoms in total. The van der Waals surface area contributed by atoms with Gasteiger partial charge in [0.05, 0.1) is 23.5 Å². The van der Waals surface area contributed by atoms with Crippen LogP contribution in [-0.2, 0) is 25.0 Å². The minimum atomic E-state index is -0.342. The van der Waals surface area contributed by atoms with Gasteiger partial charge in [-0.15, -0.1) is 6.58 Å². The molecule has 5 rings (SSSR count). The Kier molecular flexibility index (Phi) is 5.96. The number of anilines is 2. The maximum absolute atomic E-state index is 13.2. The summed E-state index contributed by atoms with van der Waals surface area (Å²) in [5.41, 5.74) is 5.20. The Labute approximate surface area is 203 Å². The molecule has 4 aromatic rings. The van der Waals surface area contributed by atoms with Crippen molar-refractivity contribution in [2.45, 2.75) is 38.9 Å². The van der Waals surface area contributed by atoms with E-state index >= 15 is 0 Å². The van der Waals surface area contributed by atoms with E-state index in [0.29, 0.717) is 23.5 Å². The van der Waals surface area contributed by atoms with Gasteiger partial charge in [0.2, 0.25) is 5.95 Å². The third kappa shape index (κ3) is 4.24. The number of nitrogens with zero attached hydrogens (tertiary/aromatic N) is 5. The second-order valence-electron chi connectivity index (χ2n) is 9.23. The normalized spacial score (nSPS) is 13.6. The van der Waals surface area contributed by atoms with Crippen molar-refractivity contribution in [2.24, 2.45) is 0 Å². The van der Waals surface area contributed by atoms with Crippen LogP contribution in [0.25, 0.3) is 16.7 Å². The number of allylic oxidation sites excluding steroid dienone is 1. The van der Waals surface area contributed by atoms with Crippen LogP contribution in [0.3, 0.4) is 0 Å². The van der Waals surface area contributed by atoms with Gasteiger partial charge < -0.3 is 16.0 Å². The number of hydrogen-bond donors (Lipinski definition) is 3. The van der Waals surface area contributed by atoms with E-state index in [1.807, 2.05) is 29.9 Å². The Balaban J connectivity index is 1.61. The summed E-state index contributed by atoms with van der Waals surface area (Å²) in [7, 11) is 1.90. The van der Waals surface area contributed by atoms with Crippen molar-refractivity contribution in [3.8, 4) is 5.69 Å². The number of nitrogens with one attached hydrogen (secondary N) is 3. The van der Waals surface area contributed by atoms with Crippen LogP contribution in [0.15, 0.2) is 60.2 Å². The first-order valence-corrected chi connectivity index (χ1v) is 11.8. The zero-order valence-electron chi connectivity index (χ0n) is 20.3. The van der Waals surface area contributed by atoms with Crippen molar-refractivity contribution in [1.29, 1.82) is 0 Å². The first-order chi connectivity index (χ1) is 16.9. The zero-order chi connectivity index (χ0) is 24.6. The first kappa shape index (κ1) is 22.9. The highest BCUT2D eigenvalue weighted by Crippen LogP contribution is 2.24. The fraction of sp³-hybridized carbons (Fsp3) is 0.308. The lowest BCUT2D eigenvalue weighted by Crippen LogP contribution is -2.34. The number of aromatic nitrogens is 5. The molecule has 0 atom stereocenters. The van der Waals surface area contributed by atoms with E-state index in [9.17, 15) is 4.79 Å². The third-order valence-corrected chi connectivity index (χ3v) is 6.58. The summed E-state index contributed by atoms with van der Waals surface area (Å²) in [6, 6.07) is 10.2. The maximum atomic E-state index is 13.2. The molecule has 0 radical (unpaired) electrons. The number of benzene rings is 1. The van der Waals surface area contributed by atoms with Gasteiger partial charge in [0, 0.05) is 24.6 Å². The summed E-state index contributed by atoms with van der Waals surface area (Å²) < 4.78 is 3.44. The Hall–Kier alpha value is -3.82. The van der Waals surface area contributed by atoms with E-state index in [-0.39, 0.29) is 11.1 Å². The van der Waals surface area contributed by atoms with E-state index in [1.165, 1.54) is 11.1 Å². The number of pyridine rings is 1. The van der Waals surface area contributed by atoms with Crippen LogP contribution < -0.4 is 21.5 Å². The van der Waals surface area contributed by atoms with Gasteiger partial charge in [0.1, 0.15) is 5.39 Å². The van der Waals surface area contributed by atoms with E-state index in [1.54, 1.807) is 23.2 Å². The second kappa shape index (κ2) is 9.09. The summed E-state index contributed by atoms with van der Waals surface area (Å²) in [6.45, 7) is 10.1. The lowest BCUT2D eigenvalue weighted by atomic mass is 10.00. The van der Waals surface area contributed by atoms with Crippen LogP contribution in [-0.4, -0.2) is 37.9 Å². The summed E-state index contributed by atoms with van der Waals surface area (Å²) in [6.07, 6.45) is 6.06. The summed E-state index contributed by atoms with van der Waals surface area (Å²) in [4.78, 5) is 27.0. The lowest BCUT2D eigenvalue weighted by Gasteiger charge is -2.24. The number of hydrogen-bond acceptors (Lipinski definition) is 7. The highest BCUT2D eigenvalue weighted by Gasteiger charge is 2.22. The Bertz CT molecular complexity index is 1470. The number of rotatable bonds is 7. The molecule has 1 aromatic carbocycles. The number of fused-ring (bicyclic) bond motifs is 2. The molecule has 0 bridgehead atoms. The van der Waals surface area contributed by atoms with Crippen molar-refractivity contribution < 1.29 is 0 Å². The molecule has 9 heteroatoms. The quantitative estimate of drug-likeness (QED) is 0.357. The van der Waals surface area contributed by atoms with Crippen molar-refractivity contribution >= 4 is 22.7 Å². The standard InChI is InChI=1S/C26H30N8O/c1-5-12-33-24(35)21-16-30-25(31-19-7-6-17-8-10-28-15-18(17)13-19)32-23(21)34(33)20-9-11-29-22(14-20)26(2,3)27-4/h5-7,9,11,13-14,16,27-28H,1,8,10,12,15H2,2-4H3,(H,30,31,32). The van der Waals surface area contributed by atoms with Crippen LogP contribution in [0.1, 0.15) is 30.7 Å². The second-order valence-corrected chi connectivity index (χ2v) is 9.23. The van der Waals surface area contributed by atoms with E-state index in [4.69, 9.17) is 4.98 Å². The zero-order valence-corrected chi connectivity index (χ0v) is 20.3. The van der Waals surface area contributed by atoms with Gasteiger partial charge in [-0.3, -0.25) is 9.78 Å². The van der Waals surface area contributed by atoms with Crippen molar-refractivity contribution in [1.82, 2.24) is 34.9 Å². The van der Waals surface area contributed by atoms with Crippen molar-refractivity contribution in [2.75, 3.05) is 18.9 Å². The van der Waals surface area contributed by atoms with Crippen molar-refractivity contribution in [3.05, 3.63) is 82.6 Å². The fourth-order valence-corrected chi connectivity index (χ4v) is 4.35. The molecular formula is C26H30N8O. The molecule has 0 saturated heterocycles. The van der Waals surface area contributed by atoms with Gasteiger partial charge in [-0.2, -0.15) is 4.98 Å². The highest BCUT2D eigenvalue weighted by molar-refractivity contribution is 5.77. The average molecular weight is 471 g/mol. The first-order valence-electron chi connectivity index (χ1n) is 11.8. The molecule has 0 saturated carbocycles. The SMILES string of the molecule is C=CCn1c(=O)c2cnc(Nc3ccc4c(c3)CNCC4)nc2n1-c1ccnc(C(C)(C)NC)c1. The van der Waals surface area contributed by atoms with Crippen molar-refractivity contribution in [3.63, 3.8) is 0 Å². The molecule has 0 fully saturated rings. The summed E-state index contributed by atoms with van der Waals surface area (Å²) in [5, 5.41) is 10.4. The molecule has 1 aliphatic rings. The molecule has 3 N–H and O–H groups in total. The minimum Gasteiger partial charge on any atom is -0.324 e.